The first-order valence-corrected chi connectivity index (χ1v) is 8.61. The fourth-order valence-corrected chi connectivity index (χ4v) is 2.86. The summed E-state index contributed by atoms with van der Waals surface area (Å²) >= 11 is 0. The van der Waals surface area contributed by atoms with Gasteiger partial charge in [-0.2, -0.15) is 0 Å². The number of benzene rings is 2. The smallest absolute Gasteiger partial charge is 0.257 e. The fourth-order valence-electron chi connectivity index (χ4n) is 2.86. The summed E-state index contributed by atoms with van der Waals surface area (Å²) in [5, 5.41) is 2.97. The van der Waals surface area contributed by atoms with Gasteiger partial charge in [0.15, 0.2) is 0 Å². The molecule has 6 heteroatoms. The number of pyridine rings is 1. The first kappa shape index (κ1) is 16.8. The van der Waals surface area contributed by atoms with Gasteiger partial charge < -0.3 is 15.2 Å². The minimum Gasteiger partial charge on any atom is -0.363 e. The minimum absolute atomic E-state index is 0.212. The van der Waals surface area contributed by atoms with Gasteiger partial charge in [0, 0.05) is 25.9 Å². The van der Waals surface area contributed by atoms with Gasteiger partial charge in [0.05, 0.1) is 22.3 Å². The van der Waals surface area contributed by atoms with Crippen LogP contribution >= 0.6 is 0 Å². The standard InChI is InChI=1S/C21H19N5O/c1-26(2)19-12-11-14(13-22-19)21(27)25-16-8-4-3-7-15(16)20-23-17-9-5-6-10-18(17)24-20/h3-13H,1-2H3,(H,23,24)(H,25,27). The number of nitrogens with zero attached hydrogens (tertiary/aromatic N) is 3. The molecule has 0 aliphatic carbocycles. The Hall–Kier alpha value is -3.67. The number of hydrogen-bond acceptors (Lipinski definition) is 4. The number of fused-ring (bicyclic) bond motifs is 1. The number of hydrogen-bond donors (Lipinski definition) is 2. The number of carbonyl (C=O) groups is 1. The predicted octanol–water partition coefficient (Wildman–Crippen LogP) is 3.94. The molecule has 2 N–H and O–H groups in total. The summed E-state index contributed by atoms with van der Waals surface area (Å²) in [6.45, 7) is 0. The van der Waals surface area contributed by atoms with E-state index in [4.69, 9.17) is 0 Å². The first-order valence-electron chi connectivity index (χ1n) is 8.61. The predicted molar refractivity (Wildman–Crippen MR) is 108 cm³/mol. The maximum absolute atomic E-state index is 12.7. The molecule has 0 radical (unpaired) electrons. The summed E-state index contributed by atoms with van der Waals surface area (Å²) in [7, 11) is 3.82. The molecule has 6 nitrogen and oxygen atoms in total. The zero-order chi connectivity index (χ0) is 18.8. The second-order valence-corrected chi connectivity index (χ2v) is 6.40. The molecule has 2 heterocycles. The summed E-state index contributed by atoms with van der Waals surface area (Å²) < 4.78 is 0. The summed E-state index contributed by atoms with van der Waals surface area (Å²) in [6, 6.07) is 19.0. The van der Waals surface area contributed by atoms with Crippen LogP contribution in [0.25, 0.3) is 22.4 Å². The van der Waals surface area contributed by atoms with E-state index >= 15 is 0 Å². The Morgan fingerprint density at radius 2 is 1.78 bits per heavy atom. The zero-order valence-electron chi connectivity index (χ0n) is 15.1. The molecule has 2 aromatic carbocycles. The van der Waals surface area contributed by atoms with Crippen molar-refractivity contribution in [3.05, 3.63) is 72.4 Å². The second-order valence-electron chi connectivity index (χ2n) is 6.40. The van der Waals surface area contributed by atoms with Crippen molar-refractivity contribution < 1.29 is 4.79 Å². The number of carbonyl (C=O) groups excluding carboxylic acids is 1. The van der Waals surface area contributed by atoms with E-state index in [2.05, 4.69) is 20.3 Å². The first-order chi connectivity index (χ1) is 13.1. The topological polar surface area (TPSA) is 73.9 Å². The largest absolute Gasteiger partial charge is 0.363 e. The van der Waals surface area contributed by atoms with Gasteiger partial charge in [0.1, 0.15) is 11.6 Å². The Morgan fingerprint density at radius 1 is 1.00 bits per heavy atom. The highest BCUT2D eigenvalue weighted by molar-refractivity contribution is 6.06. The maximum Gasteiger partial charge on any atom is 0.257 e. The van der Waals surface area contributed by atoms with Crippen molar-refractivity contribution in [2.75, 3.05) is 24.3 Å². The van der Waals surface area contributed by atoms with Crippen molar-refractivity contribution in [3.8, 4) is 11.4 Å². The third-order valence-corrected chi connectivity index (χ3v) is 4.29. The third-order valence-electron chi connectivity index (χ3n) is 4.29. The van der Waals surface area contributed by atoms with Gasteiger partial charge in [-0.05, 0) is 36.4 Å². The monoisotopic (exact) mass is 357 g/mol. The molecule has 4 aromatic rings. The number of rotatable bonds is 4. The number of anilines is 2. The number of nitrogens with one attached hydrogen (secondary N) is 2. The molecule has 0 aliphatic rings. The van der Waals surface area contributed by atoms with E-state index in [-0.39, 0.29) is 5.91 Å². The van der Waals surface area contributed by atoms with Crippen LogP contribution in [0.4, 0.5) is 11.5 Å². The summed E-state index contributed by atoms with van der Waals surface area (Å²) in [6.07, 6.45) is 1.58. The molecule has 2 aromatic heterocycles. The molecule has 27 heavy (non-hydrogen) atoms. The Morgan fingerprint density at radius 3 is 2.52 bits per heavy atom. The van der Waals surface area contributed by atoms with E-state index in [1.807, 2.05) is 73.6 Å². The lowest BCUT2D eigenvalue weighted by molar-refractivity contribution is 0.102. The number of H-pyrrole nitrogens is 1. The maximum atomic E-state index is 12.7. The highest BCUT2D eigenvalue weighted by Gasteiger charge is 2.13. The Kier molecular flexibility index (Phi) is 4.30. The van der Waals surface area contributed by atoms with Gasteiger partial charge in [-0.1, -0.05) is 24.3 Å². The lowest BCUT2D eigenvalue weighted by Gasteiger charge is -2.12. The molecule has 0 fully saturated rings. The van der Waals surface area contributed by atoms with E-state index < -0.39 is 0 Å². The lowest BCUT2D eigenvalue weighted by Crippen LogP contribution is -2.15. The van der Waals surface area contributed by atoms with Crippen LogP contribution in [0.5, 0.6) is 0 Å². The normalized spacial score (nSPS) is 10.7. The molecule has 0 spiro atoms. The van der Waals surface area contributed by atoms with Crippen molar-refractivity contribution in [2.45, 2.75) is 0 Å². The molecule has 0 saturated carbocycles. The average Bonchev–Trinajstić information content (AvgIpc) is 3.12. The molecule has 0 bridgehead atoms. The molecule has 4 rings (SSSR count). The number of aromatic amines is 1. The van der Waals surface area contributed by atoms with Gasteiger partial charge in [0.2, 0.25) is 0 Å². The van der Waals surface area contributed by atoms with Crippen molar-refractivity contribution in [3.63, 3.8) is 0 Å². The van der Waals surface area contributed by atoms with E-state index in [9.17, 15) is 4.79 Å². The molecular weight excluding hydrogens is 338 g/mol. The summed E-state index contributed by atoms with van der Waals surface area (Å²) in [5.74, 6) is 1.30. The van der Waals surface area contributed by atoms with E-state index in [1.165, 1.54) is 0 Å². The van der Waals surface area contributed by atoms with Crippen LogP contribution in [0.15, 0.2) is 66.9 Å². The van der Waals surface area contributed by atoms with Crippen LogP contribution in [0.1, 0.15) is 10.4 Å². The second kappa shape index (κ2) is 6.92. The number of imidazole rings is 1. The minimum atomic E-state index is -0.212. The molecule has 0 atom stereocenters. The van der Waals surface area contributed by atoms with E-state index in [0.717, 1.165) is 22.4 Å². The Bertz CT molecular complexity index is 1070. The van der Waals surface area contributed by atoms with Gasteiger partial charge >= 0.3 is 0 Å². The van der Waals surface area contributed by atoms with Crippen molar-refractivity contribution in [2.24, 2.45) is 0 Å². The fraction of sp³-hybridized carbons (Fsp3) is 0.0952. The summed E-state index contributed by atoms with van der Waals surface area (Å²) in [4.78, 5) is 26.8. The highest BCUT2D eigenvalue weighted by Crippen LogP contribution is 2.28. The van der Waals surface area contributed by atoms with Gasteiger partial charge in [0.25, 0.3) is 5.91 Å². The quantitative estimate of drug-likeness (QED) is 0.580. The van der Waals surface area contributed by atoms with Crippen molar-refractivity contribution >= 4 is 28.4 Å². The van der Waals surface area contributed by atoms with Crippen LogP contribution in [0.2, 0.25) is 0 Å². The number of para-hydroxylation sites is 3. The van der Waals surface area contributed by atoms with E-state index in [0.29, 0.717) is 17.1 Å². The lowest BCUT2D eigenvalue weighted by atomic mass is 10.1. The highest BCUT2D eigenvalue weighted by atomic mass is 16.1. The van der Waals surface area contributed by atoms with Crippen LogP contribution in [-0.4, -0.2) is 35.0 Å². The van der Waals surface area contributed by atoms with E-state index in [1.54, 1.807) is 12.3 Å². The van der Waals surface area contributed by atoms with Gasteiger partial charge in [-0.3, -0.25) is 4.79 Å². The Labute approximate surface area is 156 Å². The van der Waals surface area contributed by atoms with Crippen LogP contribution in [0.3, 0.4) is 0 Å². The number of amides is 1. The van der Waals surface area contributed by atoms with Gasteiger partial charge in [-0.25, -0.2) is 9.97 Å². The van der Waals surface area contributed by atoms with Crippen molar-refractivity contribution in [1.82, 2.24) is 15.0 Å². The number of aromatic nitrogens is 3. The SMILES string of the molecule is CN(C)c1ccc(C(=O)Nc2ccccc2-c2nc3ccccc3[nH]2)cn1. The molecule has 0 unspecified atom stereocenters. The molecule has 134 valence electrons. The van der Waals surface area contributed by atoms with Crippen LogP contribution in [0, 0.1) is 0 Å². The molecule has 1 amide bonds. The van der Waals surface area contributed by atoms with Crippen LogP contribution in [-0.2, 0) is 0 Å². The average molecular weight is 357 g/mol. The molecule has 0 aliphatic heterocycles. The van der Waals surface area contributed by atoms with Crippen molar-refractivity contribution in [1.29, 1.82) is 0 Å². The van der Waals surface area contributed by atoms with Gasteiger partial charge in [-0.15, -0.1) is 0 Å². The molecular formula is C21H19N5O. The molecule has 0 saturated heterocycles. The van der Waals surface area contributed by atoms with Crippen LogP contribution < -0.4 is 10.2 Å². The summed E-state index contributed by atoms with van der Waals surface area (Å²) in [5.41, 5.74) is 3.87. The zero-order valence-corrected chi connectivity index (χ0v) is 15.1. The third kappa shape index (κ3) is 3.37. The Balaban J connectivity index is 1.64.